The van der Waals surface area contributed by atoms with Crippen LogP contribution in [0.2, 0.25) is 0 Å². The van der Waals surface area contributed by atoms with Crippen molar-refractivity contribution in [3.63, 3.8) is 0 Å². The molecule has 0 radical (unpaired) electrons. The summed E-state index contributed by atoms with van der Waals surface area (Å²) >= 11 is 0. The molecule has 136 valence electrons. The van der Waals surface area contributed by atoms with E-state index in [0.717, 1.165) is 42.7 Å². The predicted molar refractivity (Wildman–Crippen MR) is 104 cm³/mol. The van der Waals surface area contributed by atoms with E-state index in [1.165, 1.54) is 30.4 Å². The standard InChI is InChI=1S/C23H33NO/c1-14(2)19-6-5-7-20(15(3)4)21(19)24-22(25)23-11-16-8-17(12-23)10-18(9-16)13-23/h5-7,14-18H,8-13H2,1-4H3,(H,24,25). The van der Waals surface area contributed by atoms with Crippen molar-refractivity contribution < 1.29 is 4.79 Å². The minimum atomic E-state index is -0.0763. The highest BCUT2D eigenvalue weighted by Crippen LogP contribution is 2.60. The van der Waals surface area contributed by atoms with Gasteiger partial charge in [-0.3, -0.25) is 4.79 Å². The average Bonchev–Trinajstić information content (AvgIpc) is 2.53. The van der Waals surface area contributed by atoms with Gasteiger partial charge >= 0.3 is 0 Å². The molecule has 0 spiro atoms. The Kier molecular flexibility index (Phi) is 4.21. The quantitative estimate of drug-likeness (QED) is 0.706. The highest BCUT2D eigenvalue weighted by molar-refractivity contribution is 5.97. The summed E-state index contributed by atoms with van der Waals surface area (Å²) in [5.74, 6) is 3.59. The zero-order valence-corrected chi connectivity index (χ0v) is 16.3. The Bertz CT molecular complexity index is 611. The van der Waals surface area contributed by atoms with Crippen molar-refractivity contribution in [2.24, 2.45) is 23.2 Å². The normalized spacial score (nSPS) is 33.3. The first-order chi connectivity index (χ1) is 11.9. The van der Waals surface area contributed by atoms with Crippen LogP contribution in [0.4, 0.5) is 5.69 Å². The molecule has 1 aromatic rings. The van der Waals surface area contributed by atoms with Crippen LogP contribution >= 0.6 is 0 Å². The second-order valence-corrected chi connectivity index (χ2v) is 9.77. The van der Waals surface area contributed by atoms with Crippen LogP contribution in [0.15, 0.2) is 18.2 Å². The number of hydrogen-bond donors (Lipinski definition) is 1. The summed E-state index contributed by atoms with van der Waals surface area (Å²) in [4.78, 5) is 13.5. The lowest BCUT2D eigenvalue weighted by Crippen LogP contribution is -2.51. The van der Waals surface area contributed by atoms with E-state index >= 15 is 0 Å². The van der Waals surface area contributed by atoms with Gasteiger partial charge in [-0.2, -0.15) is 0 Å². The number of rotatable bonds is 4. The molecular weight excluding hydrogens is 306 g/mol. The Balaban J connectivity index is 1.65. The third-order valence-electron chi connectivity index (χ3n) is 7.13. The summed E-state index contributed by atoms with van der Waals surface area (Å²) in [6, 6.07) is 6.52. The number of hydrogen-bond acceptors (Lipinski definition) is 1. The maximum atomic E-state index is 13.5. The number of benzene rings is 1. The Morgan fingerprint density at radius 2 is 1.36 bits per heavy atom. The Labute approximate surface area is 152 Å². The van der Waals surface area contributed by atoms with E-state index in [2.05, 4.69) is 51.2 Å². The first-order valence-electron chi connectivity index (χ1n) is 10.3. The fourth-order valence-corrected chi connectivity index (χ4v) is 6.33. The molecule has 0 unspecified atom stereocenters. The van der Waals surface area contributed by atoms with Crippen molar-refractivity contribution in [1.82, 2.24) is 0 Å². The number of amides is 1. The molecule has 5 rings (SSSR count). The molecule has 4 fully saturated rings. The van der Waals surface area contributed by atoms with Gasteiger partial charge in [0.05, 0.1) is 5.41 Å². The van der Waals surface area contributed by atoms with Crippen LogP contribution in [-0.4, -0.2) is 5.91 Å². The molecule has 25 heavy (non-hydrogen) atoms. The summed E-state index contributed by atoms with van der Waals surface area (Å²) in [6.45, 7) is 8.89. The van der Waals surface area contributed by atoms with E-state index in [4.69, 9.17) is 0 Å². The largest absolute Gasteiger partial charge is 0.325 e. The van der Waals surface area contributed by atoms with Gasteiger partial charge in [0.2, 0.25) is 5.91 Å². The van der Waals surface area contributed by atoms with Crippen molar-refractivity contribution in [1.29, 1.82) is 0 Å². The Morgan fingerprint density at radius 1 is 0.920 bits per heavy atom. The third kappa shape index (κ3) is 2.92. The first kappa shape index (κ1) is 17.1. The lowest BCUT2D eigenvalue weighted by molar-refractivity contribution is -0.140. The predicted octanol–water partition coefficient (Wildman–Crippen LogP) is 6.09. The van der Waals surface area contributed by atoms with Crippen molar-refractivity contribution in [2.75, 3.05) is 5.32 Å². The molecule has 0 aliphatic heterocycles. The second-order valence-electron chi connectivity index (χ2n) is 9.77. The van der Waals surface area contributed by atoms with Crippen molar-refractivity contribution >= 4 is 11.6 Å². The van der Waals surface area contributed by atoms with Gasteiger partial charge in [-0.1, -0.05) is 45.9 Å². The molecule has 0 aromatic heterocycles. The van der Waals surface area contributed by atoms with Crippen LogP contribution in [0.25, 0.3) is 0 Å². The molecule has 4 saturated carbocycles. The van der Waals surface area contributed by atoms with Crippen LogP contribution in [-0.2, 0) is 4.79 Å². The van der Waals surface area contributed by atoms with E-state index in [1.54, 1.807) is 0 Å². The number of nitrogens with one attached hydrogen (secondary N) is 1. The van der Waals surface area contributed by atoms with E-state index in [9.17, 15) is 4.79 Å². The number of anilines is 1. The van der Waals surface area contributed by atoms with Gasteiger partial charge in [-0.15, -0.1) is 0 Å². The molecule has 0 heterocycles. The van der Waals surface area contributed by atoms with Crippen LogP contribution in [0, 0.1) is 23.2 Å². The lowest BCUT2D eigenvalue weighted by atomic mass is 9.49. The molecule has 1 N–H and O–H groups in total. The summed E-state index contributed by atoms with van der Waals surface area (Å²) in [5, 5.41) is 3.46. The fraction of sp³-hybridized carbons (Fsp3) is 0.696. The Hall–Kier alpha value is -1.31. The Morgan fingerprint density at radius 3 is 1.76 bits per heavy atom. The number of carbonyl (C=O) groups excluding carboxylic acids is 1. The molecule has 0 atom stereocenters. The van der Waals surface area contributed by atoms with Crippen LogP contribution in [0.5, 0.6) is 0 Å². The van der Waals surface area contributed by atoms with E-state index in [0.29, 0.717) is 17.7 Å². The zero-order chi connectivity index (χ0) is 17.8. The lowest BCUT2D eigenvalue weighted by Gasteiger charge is -2.55. The van der Waals surface area contributed by atoms with Crippen molar-refractivity contribution in [2.45, 2.75) is 78.1 Å². The zero-order valence-electron chi connectivity index (χ0n) is 16.3. The highest BCUT2D eigenvalue weighted by Gasteiger charge is 2.54. The highest BCUT2D eigenvalue weighted by atomic mass is 16.2. The number of carbonyl (C=O) groups is 1. The van der Waals surface area contributed by atoms with E-state index in [1.807, 2.05) is 0 Å². The topological polar surface area (TPSA) is 29.1 Å². The van der Waals surface area contributed by atoms with Gasteiger partial charge in [-0.25, -0.2) is 0 Å². The smallest absolute Gasteiger partial charge is 0.230 e. The molecule has 4 aliphatic carbocycles. The van der Waals surface area contributed by atoms with E-state index < -0.39 is 0 Å². The van der Waals surface area contributed by atoms with E-state index in [-0.39, 0.29) is 5.41 Å². The van der Waals surface area contributed by atoms with Gasteiger partial charge < -0.3 is 5.32 Å². The fourth-order valence-electron chi connectivity index (χ4n) is 6.33. The molecule has 2 heteroatoms. The average molecular weight is 340 g/mol. The van der Waals surface area contributed by atoms with Crippen LogP contribution in [0.3, 0.4) is 0 Å². The molecule has 4 aliphatic rings. The first-order valence-corrected chi connectivity index (χ1v) is 10.3. The maximum absolute atomic E-state index is 13.5. The van der Waals surface area contributed by atoms with Crippen LogP contribution < -0.4 is 5.32 Å². The maximum Gasteiger partial charge on any atom is 0.230 e. The van der Waals surface area contributed by atoms with Gasteiger partial charge in [-0.05, 0) is 79.2 Å². The summed E-state index contributed by atoms with van der Waals surface area (Å²) in [7, 11) is 0. The van der Waals surface area contributed by atoms with Crippen LogP contribution in [0.1, 0.15) is 89.2 Å². The summed E-state index contributed by atoms with van der Waals surface area (Å²) in [6.07, 6.45) is 7.54. The van der Waals surface area contributed by atoms with Crippen molar-refractivity contribution in [3.05, 3.63) is 29.3 Å². The minimum Gasteiger partial charge on any atom is -0.325 e. The molecule has 2 nitrogen and oxygen atoms in total. The third-order valence-corrected chi connectivity index (χ3v) is 7.13. The van der Waals surface area contributed by atoms with Crippen molar-refractivity contribution in [3.8, 4) is 0 Å². The molecule has 0 saturated heterocycles. The monoisotopic (exact) mass is 339 g/mol. The minimum absolute atomic E-state index is 0.0763. The molecular formula is C23H33NO. The van der Waals surface area contributed by atoms with Gasteiger partial charge in [0.15, 0.2) is 0 Å². The number of para-hydroxylation sites is 1. The second kappa shape index (κ2) is 6.14. The van der Waals surface area contributed by atoms with Gasteiger partial charge in [0, 0.05) is 5.69 Å². The molecule has 4 bridgehead atoms. The summed E-state index contributed by atoms with van der Waals surface area (Å²) < 4.78 is 0. The van der Waals surface area contributed by atoms with Gasteiger partial charge in [0.25, 0.3) is 0 Å². The molecule has 1 amide bonds. The summed E-state index contributed by atoms with van der Waals surface area (Å²) in [5.41, 5.74) is 3.59. The molecule has 1 aromatic carbocycles. The van der Waals surface area contributed by atoms with Gasteiger partial charge in [0.1, 0.15) is 0 Å². The SMILES string of the molecule is CC(C)c1cccc(C(C)C)c1NC(=O)C12CC3CC(CC(C3)C1)C2.